The molecule has 0 saturated carbocycles. The van der Waals surface area contributed by atoms with Gasteiger partial charge in [-0.25, -0.2) is 9.97 Å². The molecule has 3 rings (SSSR count). The van der Waals surface area contributed by atoms with Gasteiger partial charge in [0.05, 0.1) is 10.7 Å². The first-order valence-corrected chi connectivity index (χ1v) is 7.75. The van der Waals surface area contributed by atoms with Crippen molar-refractivity contribution in [1.82, 2.24) is 9.97 Å². The second kappa shape index (κ2) is 6.86. The Morgan fingerprint density at radius 1 is 0.826 bits per heavy atom. The van der Waals surface area contributed by atoms with Gasteiger partial charge in [0.2, 0.25) is 0 Å². The molecule has 0 amide bonds. The molecular weight excluding hydrogens is 331 g/mol. The fourth-order valence-corrected chi connectivity index (χ4v) is 2.43. The van der Waals surface area contributed by atoms with E-state index < -0.39 is 0 Å². The number of hydrogen-bond acceptors (Lipinski definition) is 4. The Hall–Kier alpha value is -2.30. The molecule has 0 saturated heterocycles. The van der Waals surface area contributed by atoms with Crippen LogP contribution in [0.4, 0.5) is 23.0 Å². The maximum Gasteiger partial charge on any atom is 0.136 e. The summed E-state index contributed by atoms with van der Waals surface area (Å²) in [5.41, 5.74) is 1.65. The minimum atomic E-state index is 0.572. The number of nitrogens with one attached hydrogen (secondary N) is 2. The molecule has 2 aromatic carbocycles. The predicted molar refractivity (Wildman–Crippen MR) is 96.2 cm³/mol. The Kier molecular flexibility index (Phi) is 4.65. The lowest BCUT2D eigenvalue weighted by Crippen LogP contribution is -2.01. The summed E-state index contributed by atoms with van der Waals surface area (Å²) in [7, 11) is 0. The van der Waals surface area contributed by atoms with Gasteiger partial charge in [0, 0.05) is 16.8 Å². The lowest BCUT2D eigenvalue weighted by atomic mass is 10.3. The molecule has 23 heavy (non-hydrogen) atoms. The molecule has 0 aliphatic rings. The summed E-state index contributed by atoms with van der Waals surface area (Å²) < 4.78 is 0. The number of halogens is 2. The van der Waals surface area contributed by atoms with Crippen LogP contribution in [0.15, 0.2) is 54.6 Å². The van der Waals surface area contributed by atoms with Crippen LogP contribution in [0.1, 0.15) is 5.82 Å². The summed E-state index contributed by atoms with van der Waals surface area (Å²) in [6.45, 7) is 1.83. The standard InChI is InChI=1S/C17H14Cl2N4/c1-11-20-16(22-13-5-3-2-4-6-13)10-17(21-11)23-15-9-12(18)7-8-14(15)19/h2-10H,1H3,(H2,20,21,22,23). The van der Waals surface area contributed by atoms with Crippen LogP contribution in [0.3, 0.4) is 0 Å². The number of aromatic nitrogens is 2. The zero-order chi connectivity index (χ0) is 16.2. The molecule has 0 radical (unpaired) electrons. The Morgan fingerprint density at radius 3 is 2.26 bits per heavy atom. The molecule has 0 spiro atoms. The van der Waals surface area contributed by atoms with Gasteiger partial charge in [-0.15, -0.1) is 0 Å². The molecule has 0 aliphatic heterocycles. The van der Waals surface area contributed by atoms with Crippen molar-refractivity contribution in [3.05, 3.63) is 70.5 Å². The third-order valence-electron chi connectivity index (χ3n) is 3.08. The average Bonchev–Trinajstić information content (AvgIpc) is 2.51. The average molecular weight is 345 g/mol. The minimum absolute atomic E-state index is 0.572. The van der Waals surface area contributed by atoms with Crippen LogP contribution < -0.4 is 10.6 Å². The first-order chi connectivity index (χ1) is 11.1. The van der Waals surface area contributed by atoms with Crippen LogP contribution in [0, 0.1) is 6.92 Å². The van der Waals surface area contributed by atoms with Crippen molar-refractivity contribution in [1.29, 1.82) is 0 Å². The van der Waals surface area contributed by atoms with Crippen LogP contribution in [0.25, 0.3) is 0 Å². The monoisotopic (exact) mass is 344 g/mol. The van der Waals surface area contributed by atoms with Crippen molar-refractivity contribution in [2.75, 3.05) is 10.6 Å². The van der Waals surface area contributed by atoms with Crippen molar-refractivity contribution < 1.29 is 0 Å². The van der Waals surface area contributed by atoms with Gasteiger partial charge in [-0.3, -0.25) is 0 Å². The largest absolute Gasteiger partial charge is 0.340 e. The Labute approximate surface area is 144 Å². The fourth-order valence-electron chi connectivity index (χ4n) is 2.10. The quantitative estimate of drug-likeness (QED) is 0.648. The first-order valence-electron chi connectivity index (χ1n) is 7.00. The van der Waals surface area contributed by atoms with E-state index in [1.807, 2.05) is 43.3 Å². The van der Waals surface area contributed by atoms with Crippen LogP contribution in [0.2, 0.25) is 10.0 Å². The highest BCUT2D eigenvalue weighted by Gasteiger charge is 2.06. The van der Waals surface area contributed by atoms with Gasteiger partial charge in [-0.1, -0.05) is 41.4 Å². The Morgan fingerprint density at radius 2 is 1.52 bits per heavy atom. The van der Waals surface area contributed by atoms with Gasteiger partial charge in [0.25, 0.3) is 0 Å². The lowest BCUT2D eigenvalue weighted by molar-refractivity contribution is 1.06. The number of nitrogens with zero attached hydrogens (tertiary/aromatic N) is 2. The van der Waals surface area contributed by atoms with E-state index in [0.717, 1.165) is 5.69 Å². The van der Waals surface area contributed by atoms with Gasteiger partial charge in [-0.2, -0.15) is 0 Å². The summed E-state index contributed by atoms with van der Waals surface area (Å²) >= 11 is 12.2. The van der Waals surface area contributed by atoms with E-state index >= 15 is 0 Å². The Balaban J connectivity index is 1.87. The van der Waals surface area contributed by atoms with E-state index in [1.165, 1.54) is 0 Å². The van der Waals surface area contributed by atoms with E-state index in [-0.39, 0.29) is 0 Å². The molecular formula is C17H14Cl2N4. The minimum Gasteiger partial charge on any atom is -0.340 e. The van der Waals surface area contributed by atoms with E-state index in [4.69, 9.17) is 23.2 Å². The SMILES string of the molecule is Cc1nc(Nc2ccccc2)cc(Nc2cc(Cl)ccc2Cl)n1. The highest BCUT2D eigenvalue weighted by Crippen LogP contribution is 2.28. The van der Waals surface area contributed by atoms with Crippen molar-refractivity contribution in [2.45, 2.75) is 6.92 Å². The summed E-state index contributed by atoms with van der Waals surface area (Å²) in [5, 5.41) is 7.59. The van der Waals surface area contributed by atoms with Crippen molar-refractivity contribution in [3.63, 3.8) is 0 Å². The zero-order valence-electron chi connectivity index (χ0n) is 12.3. The van der Waals surface area contributed by atoms with Crippen LogP contribution in [-0.2, 0) is 0 Å². The topological polar surface area (TPSA) is 49.8 Å². The smallest absolute Gasteiger partial charge is 0.136 e. The molecule has 3 aromatic rings. The van der Waals surface area contributed by atoms with Crippen LogP contribution in [-0.4, -0.2) is 9.97 Å². The fraction of sp³-hybridized carbons (Fsp3) is 0.0588. The van der Waals surface area contributed by atoms with E-state index in [0.29, 0.717) is 33.2 Å². The van der Waals surface area contributed by atoms with E-state index in [1.54, 1.807) is 18.2 Å². The normalized spacial score (nSPS) is 10.4. The summed E-state index contributed by atoms with van der Waals surface area (Å²) in [5.74, 6) is 1.98. The summed E-state index contributed by atoms with van der Waals surface area (Å²) in [6, 6.07) is 16.9. The predicted octanol–water partition coefficient (Wildman–Crippen LogP) is 5.58. The van der Waals surface area contributed by atoms with Crippen LogP contribution >= 0.6 is 23.2 Å². The number of para-hydroxylation sites is 1. The maximum absolute atomic E-state index is 6.18. The first kappa shape index (κ1) is 15.6. The highest BCUT2D eigenvalue weighted by atomic mass is 35.5. The second-order valence-corrected chi connectivity index (χ2v) is 5.77. The number of rotatable bonds is 4. The summed E-state index contributed by atoms with van der Waals surface area (Å²) in [6.07, 6.45) is 0. The number of anilines is 4. The van der Waals surface area contributed by atoms with Crippen molar-refractivity contribution in [3.8, 4) is 0 Å². The van der Waals surface area contributed by atoms with Gasteiger partial charge in [0.1, 0.15) is 17.5 Å². The Bertz CT molecular complexity index is 822. The molecule has 0 atom stereocenters. The van der Waals surface area contributed by atoms with Crippen molar-refractivity contribution >= 4 is 46.2 Å². The highest BCUT2D eigenvalue weighted by molar-refractivity contribution is 6.35. The van der Waals surface area contributed by atoms with E-state index in [2.05, 4.69) is 20.6 Å². The third kappa shape index (κ3) is 4.12. The molecule has 6 heteroatoms. The van der Waals surface area contributed by atoms with Crippen LogP contribution in [0.5, 0.6) is 0 Å². The maximum atomic E-state index is 6.18. The number of hydrogen-bond donors (Lipinski definition) is 2. The van der Waals surface area contributed by atoms with Gasteiger partial charge in [-0.05, 0) is 37.3 Å². The molecule has 0 bridgehead atoms. The number of benzene rings is 2. The lowest BCUT2D eigenvalue weighted by Gasteiger charge is -2.11. The second-order valence-electron chi connectivity index (χ2n) is 4.93. The molecule has 0 aliphatic carbocycles. The molecule has 2 N–H and O–H groups in total. The molecule has 116 valence electrons. The molecule has 0 fully saturated rings. The van der Waals surface area contributed by atoms with Gasteiger partial charge in [0.15, 0.2) is 0 Å². The van der Waals surface area contributed by atoms with E-state index in [9.17, 15) is 0 Å². The molecule has 4 nitrogen and oxygen atoms in total. The van der Waals surface area contributed by atoms with Gasteiger partial charge < -0.3 is 10.6 Å². The number of aryl methyl sites for hydroxylation is 1. The summed E-state index contributed by atoms with van der Waals surface area (Å²) in [4.78, 5) is 8.77. The molecule has 0 unspecified atom stereocenters. The molecule has 1 aromatic heterocycles. The van der Waals surface area contributed by atoms with Crippen molar-refractivity contribution in [2.24, 2.45) is 0 Å². The zero-order valence-corrected chi connectivity index (χ0v) is 13.9. The third-order valence-corrected chi connectivity index (χ3v) is 3.64. The van der Waals surface area contributed by atoms with Gasteiger partial charge >= 0.3 is 0 Å². The molecule has 1 heterocycles.